The molecule has 0 unspecified atom stereocenters. The van der Waals surface area contributed by atoms with E-state index in [2.05, 4.69) is 73.1 Å². The Kier molecular flexibility index (Phi) is 5.30. The van der Waals surface area contributed by atoms with E-state index >= 15 is 0 Å². The summed E-state index contributed by atoms with van der Waals surface area (Å²) in [5, 5.41) is 4.67. The predicted molar refractivity (Wildman–Crippen MR) is 97.5 cm³/mol. The third kappa shape index (κ3) is 4.30. The van der Waals surface area contributed by atoms with Crippen LogP contribution in [0, 0.1) is 0 Å². The van der Waals surface area contributed by atoms with E-state index in [1.54, 1.807) is 0 Å². The van der Waals surface area contributed by atoms with Crippen LogP contribution in [0.2, 0.25) is 18.1 Å². The lowest BCUT2D eigenvalue weighted by molar-refractivity contribution is 0.265. The molecule has 1 aromatic carbocycles. The Labute approximate surface area is 143 Å². The van der Waals surface area contributed by atoms with Crippen LogP contribution in [0.25, 0.3) is 0 Å². The monoisotopic (exact) mass is 380 g/mol. The van der Waals surface area contributed by atoms with Crippen LogP contribution < -0.4 is 0 Å². The highest BCUT2D eigenvalue weighted by Crippen LogP contribution is 2.37. The van der Waals surface area contributed by atoms with Gasteiger partial charge in [0, 0.05) is 10.7 Å². The number of halogens is 1. The number of hydrogen-bond acceptors (Lipinski definition) is 2. The Morgan fingerprint density at radius 3 is 2.59 bits per heavy atom. The molecule has 22 heavy (non-hydrogen) atoms. The van der Waals surface area contributed by atoms with Crippen molar-refractivity contribution in [3.63, 3.8) is 0 Å². The van der Waals surface area contributed by atoms with Gasteiger partial charge in [-0.05, 0) is 41.9 Å². The molecule has 0 aliphatic carbocycles. The van der Waals surface area contributed by atoms with E-state index in [0.29, 0.717) is 6.61 Å². The molecule has 0 bridgehead atoms. The molecular weight excluding hydrogens is 356 g/mol. The van der Waals surface area contributed by atoms with Crippen LogP contribution >= 0.6 is 15.9 Å². The molecule has 0 aliphatic heterocycles. The molecule has 5 heteroatoms. The van der Waals surface area contributed by atoms with Gasteiger partial charge in [-0.25, -0.2) is 0 Å². The van der Waals surface area contributed by atoms with Crippen molar-refractivity contribution in [3.05, 3.63) is 52.3 Å². The van der Waals surface area contributed by atoms with Gasteiger partial charge in [0.25, 0.3) is 0 Å². The fraction of sp³-hybridized carbons (Fsp3) is 0.471. The Morgan fingerprint density at radius 2 is 1.95 bits per heavy atom. The summed E-state index contributed by atoms with van der Waals surface area (Å²) >= 11 is 3.51. The molecule has 2 aromatic rings. The SMILES string of the molecule is CC(C)(C)[Si](C)(C)OCc1ccnn1Cc1cccc(Br)c1. The highest BCUT2D eigenvalue weighted by atomic mass is 79.9. The van der Waals surface area contributed by atoms with Gasteiger partial charge in [-0.2, -0.15) is 5.10 Å². The summed E-state index contributed by atoms with van der Waals surface area (Å²) < 4.78 is 9.43. The first kappa shape index (κ1) is 17.4. The van der Waals surface area contributed by atoms with Crippen molar-refractivity contribution in [2.45, 2.75) is 52.1 Å². The lowest BCUT2D eigenvalue weighted by atomic mass is 10.2. The first-order valence-electron chi connectivity index (χ1n) is 7.58. The highest BCUT2D eigenvalue weighted by Gasteiger charge is 2.37. The fourth-order valence-corrected chi connectivity index (χ4v) is 3.29. The normalized spacial score (nSPS) is 12.6. The van der Waals surface area contributed by atoms with Gasteiger partial charge in [0.1, 0.15) is 0 Å². The van der Waals surface area contributed by atoms with Crippen LogP contribution in [0.1, 0.15) is 32.0 Å². The van der Waals surface area contributed by atoms with E-state index < -0.39 is 8.32 Å². The van der Waals surface area contributed by atoms with Crippen molar-refractivity contribution in [3.8, 4) is 0 Å². The third-order valence-corrected chi connectivity index (χ3v) is 9.38. The summed E-state index contributed by atoms with van der Waals surface area (Å²) in [6.45, 7) is 12.7. The van der Waals surface area contributed by atoms with Crippen LogP contribution in [0.3, 0.4) is 0 Å². The van der Waals surface area contributed by atoms with Gasteiger partial charge in [0.05, 0.1) is 18.8 Å². The summed E-state index contributed by atoms with van der Waals surface area (Å²) in [4.78, 5) is 0. The summed E-state index contributed by atoms with van der Waals surface area (Å²) in [7, 11) is -1.73. The molecular formula is C17H25BrN2OSi. The zero-order valence-electron chi connectivity index (χ0n) is 14.1. The lowest BCUT2D eigenvalue weighted by Crippen LogP contribution is -2.40. The lowest BCUT2D eigenvalue weighted by Gasteiger charge is -2.36. The van der Waals surface area contributed by atoms with Crippen LogP contribution in [-0.4, -0.2) is 18.1 Å². The molecule has 0 spiro atoms. The molecule has 2 rings (SSSR count). The standard InChI is InChI=1S/C17H25BrN2OSi/c1-17(2,3)22(4,5)21-13-16-9-10-19-20(16)12-14-7-6-8-15(18)11-14/h6-11H,12-13H2,1-5H3. The summed E-state index contributed by atoms with van der Waals surface area (Å²) in [5.74, 6) is 0. The zero-order valence-corrected chi connectivity index (χ0v) is 16.6. The number of nitrogens with zero attached hydrogens (tertiary/aromatic N) is 2. The van der Waals surface area contributed by atoms with Crippen LogP contribution in [-0.2, 0) is 17.6 Å². The molecule has 1 aromatic heterocycles. The zero-order chi connectivity index (χ0) is 16.4. The Hall–Kier alpha value is -0.913. The predicted octanol–water partition coefficient (Wildman–Crippen LogP) is 5.22. The second-order valence-corrected chi connectivity index (χ2v) is 12.9. The quantitative estimate of drug-likeness (QED) is 0.665. The summed E-state index contributed by atoms with van der Waals surface area (Å²) in [6, 6.07) is 10.4. The van der Waals surface area contributed by atoms with Crippen molar-refractivity contribution in [1.82, 2.24) is 9.78 Å². The summed E-state index contributed by atoms with van der Waals surface area (Å²) in [5.41, 5.74) is 2.36. The minimum Gasteiger partial charge on any atom is -0.411 e. The average Bonchev–Trinajstić information content (AvgIpc) is 2.82. The molecule has 0 amide bonds. The maximum atomic E-state index is 6.31. The number of rotatable bonds is 5. The molecule has 0 saturated carbocycles. The van der Waals surface area contributed by atoms with E-state index in [1.165, 1.54) is 5.56 Å². The molecule has 120 valence electrons. The van der Waals surface area contributed by atoms with E-state index in [4.69, 9.17) is 4.43 Å². The molecule has 0 atom stereocenters. The number of hydrogen-bond donors (Lipinski definition) is 0. The molecule has 0 radical (unpaired) electrons. The van der Waals surface area contributed by atoms with Gasteiger partial charge in [0.15, 0.2) is 8.32 Å². The van der Waals surface area contributed by atoms with Crippen molar-refractivity contribution in [2.75, 3.05) is 0 Å². The van der Waals surface area contributed by atoms with Crippen molar-refractivity contribution in [2.24, 2.45) is 0 Å². The number of aromatic nitrogens is 2. The number of benzene rings is 1. The van der Waals surface area contributed by atoms with Crippen molar-refractivity contribution >= 4 is 24.2 Å². The first-order valence-corrected chi connectivity index (χ1v) is 11.3. The van der Waals surface area contributed by atoms with Gasteiger partial charge in [-0.15, -0.1) is 0 Å². The Balaban J connectivity index is 2.07. The first-order chi connectivity index (χ1) is 10.2. The minimum absolute atomic E-state index is 0.224. The van der Waals surface area contributed by atoms with Crippen LogP contribution in [0.5, 0.6) is 0 Å². The van der Waals surface area contributed by atoms with Crippen LogP contribution in [0.4, 0.5) is 0 Å². The molecule has 1 heterocycles. The second kappa shape index (κ2) is 6.68. The van der Waals surface area contributed by atoms with Gasteiger partial charge < -0.3 is 4.43 Å². The maximum absolute atomic E-state index is 6.31. The highest BCUT2D eigenvalue weighted by molar-refractivity contribution is 9.10. The Bertz CT molecular complexity index is 632. The van der Waals surface area contributed by atoms with Gasteiger partial charge in [-0.1, -0.05) is 48.8 Å². The maximum Gasteiger partial charge on any atom is 0.192 e. The van der Waals surface area contributed by atoms with Gasteiger partial charge in [0.2, 0.25) is 0 Å². The molecule has 0 saturated heterocycles. The van der Waals surface area contributed by atoms with E-state index in [1.807, 2.05) is 23.0 Å². The van der Waals surface area contributed by atoms with Gasteiger partial charge in [-0.3, -0.25) is 4.68 Å². The van der Waals surface area contributed by atoms with Crippen LogP contribution in [0.15, 0.2) is 41.0 Å². The molecule has 0 aliphatic rings. The topological polar surface area (TPSA) is 27.1 Å². The van der Waals surface area contributed by atoms with E-state index in [0.717, 1.165) is 16.7 Å². The van der Waals surface area contributed by atoms with Gasteiger partial charge >= 0.3 is 0 Å². The largest absolute Gasteiger partial charge is 0.411 e. The average molecular weight is 381 g/mol. The Morgan fingerprint density at radius 1 is 1.23 bits per heavy atom. The van der Waals surface area contributed by atoms with E-state index in [-0.39, 0.29) is 5.04 Å². The molecule has 0 fully saturated rings. The fourth-order valence-electron chi connectivity index (χ4n) is 1.90. The minimum atomic E-state index is -1.73. The second-order valence-electron chi connectivity index (χ2n) is 7.16. The van der Waals surface area contributed by atoms with E-state index in [9.17, 15) is 0 Å². The molecule has 3 nitrogen and oxygen atoms in total. The van der Waals surface area contributed by atoms with Crippen molar-refractivity contribution in [1.29, 1.82) is 0 Å². The third-order valence-electron chi connectivity index (χ3n) is 4.41. The smallest absolute Gasteiger partial charge is 0.192 e. The molecule has 0 N–H and O–H groups in total. The summed E-state index contributed by atoms with van der Waals surface area (Å²) in [6.07, 6.45) is 1.85. The van der Waals surface area contributed by atoms with Crippen molar-refractivity contribution < 1.29 is 4.43 Å².